The number of benzene rings is 1. The number of ether oxygens (including phenoxy) is 2. The maximum Gasteiger partial charge on any atom is 0.238 e. The minimum Gasteiger partial charge on any atom is -0.493 e. The van der Waals surface area contributed by atoms with Gasteiger partial charge < -0.3 is 20.1 Å². The van der Waals surface area contributed by atoms with Crippen LogP contribution in [0.4, 0.5) is 5.69 Å². The van der Waals surface area contributed by atoms with E-state index in [2.05, 4.69) is 24.5 Å². The van der Waals surface area contributed by atoms with Crippen molar-refractivity contribution in [1.82, 2.24) is 5.32 Å². The number of hydrogen-bond acceptors (Lipinski definition) is 4. The number of amides is 1. The summed E-state index contributed by atoms with van der Waals surface area (Å²) in [7, 11) is 1.63. The van der Waals surface area contributed by atoms with Crippen molar-refractivity contribution in [3.63, 3.8) is 0 Å². The summed E-state index contributed by atoms with van der Waals surface area (Å²) in [4.78, 5) is 11.6. The van der Waals surface area contributed by atoms with Gasteiger partial charge in [0.2, 0.25) is 5.91 Å². The fraction of sp³-hybridized carbons (Fsp3) is 0.533. The molecule has 1 aromatic carbocycles. The van der Waals surface area contributed by atoms with E-state index in [1.54, 1.807) is 7.11 Å². The second kappa shape index (κ2) is 9.34. The lowest BCUT2D eigenvalue weighted by molar-refractivity contribution is -0.115. The SMILES string of the molecule is COCCNCC(=O)Nc1ccc(OCC(C)C)cc1. The third-order valence-electron chi connectivity index (χ3n) is 2.49. The van der Waals surface area contributed by atoms with Crippen LogP contribution in [0.2, 0.25) is 0 Å². The van der Waals surface area contributed by atoms with Crippen molar-refractivity contribution < 1.29 is 14.3 Å². The first kappa shape index (κ1) is 16.5. The summed E-state index contributed by atoms with van der Waals surface area (Å²) in [6, 6.07) is 7.39. The van der Waals surface area contributed by atoms with Gasteiger partial charge in [0, 0.05) is 19.3 Å². The summed E-state index contributed by atoms with van der Waals surface area (Å²) in [5, 5.41) is 5.80. The molecular weight excluding hydrogens is 256 g/mol. The Balaban J connectivity index is 2.31. The Labute approximate surface area is 120 Å². The number of methoxy groups -OCH3 is 1. The normalized spacial score (nSPS) is 10.6. The molecular formula is C15H24N2O3. The quantitative estimate of drug-likeness (QED) is 0.678. The third kappa shape index (κ3) is 7.11. The largest absolute Gasteiger partial charge is 0.493 e. The van der Waals surface area contributed by atoms with Gasteiger partial charge in [0.1, 0.15) is 5.75 Å². The van der Waals surface area contributed by atoms with Crippen molar-refractivity contribution >= 4 is 11.6 Å². The van der Waals surface area contributed by atoms with Gasteiger partial charge in [0.25, 0.3) is 0 Å². The molecule has 0 saturated heterocycles. The van der Waals surface area contributed by atoms with Crippen LogP contribution in [0, 0.1) is 5.92 Å². The molecule has 0 unspecified atom stereocenters. The minimum absolute atomic E-state index is 0.0723. The van der Waals surface area contributed by atoms with E-state index in [1.165, 1.54) is 0 Å². The first-order valence-corrected chi connectivity index (χ1v) is 6.84. The number of anilines is 1. The predicted octanol–water partition coefficient (Wildman–Crippen LogP) is 1.90. The highest BCUT2D eigenvalue weighted by atomic mass is 16.5. The van der Waals surface area contributed by atoms with Gasteiger partial charge in [-0.15, -0.1) is 0 Å². The van der Waals surface area contributed by atoms with Gasteiger partial charge in [-0.2, -0.15) is 0 Å². The van der Waals surface area contributed by atoms with Gasteiger partial charge in [-0.05, 0) is 30.2 Å². The van der Waals surface area contributed by atoms with Gasteiger partial charge in [0.05, 0.1) is 19.8 Å². The van der Waals surface area contributed by atoms with Crippen LogP contribution in [0.3, 0.4) is 0 Å². The van der Waals surface area contributed by atoms with Gasteiger partial charge in [0.15, 0.2) is 0 Å². The fourth-order valence-electron chi connectivity index (χ4n) is 1.48. The Morgan fingerprint density at radius 2 is 1.95 bits per heavy atom. The van der Waals surface area contributed by atoms with Crippen LogP contribution >= 0.6 is 0 Å². The van der Waals surface area contributed by atoms with E-state index < -0.39 is 0 Å². The summed E-state index contributed by atoms with van der Waals surface area (Å²) in [5.74, 6) is 1.24. The van der Waals surface area contributed by atoms with Crippen molar-refractivity contribution in [2.75, 3.05) is 38.7 Å². The summed E-state index contributed by atoms with van der Waals surface area (Å²) in [6.07, 6.45) is 0. The zero-order chi connectivity index (χ0) is 14.8. The van der Waals surface area contributed by atoms with Crippen molar-refractivity contribution in [2.45, 2.75) is 13.8 Å². The number of nitrogens with one attached hydrogen (secondary N) is 2. The first-order chi connectivity index (χ1) is 9.61. The molecule has 20 heavy (non-hydrogen) atoms. The maximum absolute atomic E-state index is 11.6. The van der Waals surface area contributed by atoms with Crippen molar-refractivity contribution in [3.8, 4) is 5.75 Å². The molecule has 5 heteroatoms. The average Bonchev–Trinajstić information content (AvgIpc) is 2.43. The molecule has 0 radical (unpaired) electrons. The maximum atomic E-state index is 11.6. The summed E-state index contributed by atoms with van der Waals surface area (Å²) < 4.78 is 10.5. The highest BCUT2D eigenvalue weighted by molar-refractivity contribution is 5.92. The number of carbonyl (C=O) groups excluding carboxylic acids is 1. The van der Waals surface area contributed by atoms with Gasteiger partial charge in [-0.1, -0.05) is 13.8 Å². The Morgan fingerprint density at radius 3 is 2.55 bits per heavy atom. The van der Waals surface area contributed by atoms with E-state index in [0.29, 0.717) is 25.7 Å². The van der Waals surface area contributed by atoms with Crippen molar-refractivity contribution in [1.29, 1.82) is 0 Å². The molecule has 0 saturated carbocycles. The molecule has 0 fully saturated rings. The molecule has 1 amide bonds. The third-order valence-corrected chi connectivity index (χ3v) is 2.49. The second-order valence-corrected chi connectivity index (χ2v) is 4.95. The van der Waals surface area contributed by atoms with E-state index >= 15 is 0 Å². The molecule has 1 aromatic rings. The second-order valence-electron chi connectivity index (χ2n) is 4.95. The predicted molar refractivity (Wildman–Crippen MR) is 80.2 cm³/mol. The summed E-state index contributed by atoms with van der Waals surface area (Å²) in [5.41, 5.74) is 0.764. The lowest BCUT2D eigenvalue weighted by Gasteiger charge is -2.10. The summed E-state index contributed by atoms with van der Waals surface area (Å²) >= 11 is 0. The van der Waals surface area contributed by atoms with Gasteiger partial charge >= 0.3 is 0 Å². The van der Waals surface area contributed by atoms with Crippen molar-refractivity contribution in [2.24, 2.45) is 5.92 Å². The molecule has 0 atom stereocenters. The van der Waals surface area contributed by atoms with Crippen LogP contribution in [-0.2, 0) is 9.53 Å². The van der Waals surface area contributed by atoms with Gasteiger partial charge in [-0.25, -0.2) is 0 Å². The molecule has 0 heterocycles. The molecule has 0 bridgehead atoms. The highest BCUT2D eigenvalue weighted by Gasteiger charge is 2.02. The van der Waals surface area contributed by atoms with Crippen molar-refractivity contribution in [3.05, 3.63) is 24.3 Å². The molecule has 0 aromatic heterocycles. The zero-order valence-corrected chi connectivity index (χ0v) is 12.4. The van der Waals surface area contributed by atoms with E-state index in [9.17, 15) is 4.79 Å². The molecule has 0 spiro atoms. The Kier molecular flexibility index (Phi) is 7.69. The van der Waals surface area contributed by atoms with Crippen LogP contribution < -0.4 is 15.4 Å². The fourth-order valence-corrected chi connectivity index (χ4v) is 1.48. The monoisotopic (exact) mass is 280 g/mol. The van der Waals surface area contributed by atoms with E-state index in [0.717, 1.165) is 11.4 Å². The van der Waals surface area contributed by atoms with Crippen LogP contribution in [0.25, 0.3) is 0 Å². The first-order valence-electron chi connectivity index (χ1n) is 6.84. The molecule has 0 aliphatic heterocycles. The lowest BCUT2D eigenvalue weighted by Crippen LogP contribution is -2.30. The molecule has 1 rings (SSSR count). The van der Waals surface area contributed by atoms with E-state index in [-0.39, 0.29) is 12.5 Å². The molecule has 5 nitrogen and oxygen atoms in total. The minimum atomic E-state index is -0.0723. The van der Waals surface area contributed by atoms with E-state index in [1.807, 2.05) is 24.3 Å². The summed E-state index contributed by atoms with van der Waals surface area (Å²) in [6.45, 7) is 6.42. The number of rotatable bonds is 9. The van der Waals surface area contributed by atoms with E-state index in [4.69, 9.17) is 9.47 Å². The average molecular weight is 280 g/mol. The molecule has 0 aliphatic carbocycles. The highest BCUT2D eigenvalue weighted by Crippen LogP contribution is 2.16. The molecule has 2 N–H and O–H groups in total. The van der Waals surface area contributed by atoms with Gasteiger partial charge in [-0.3, -0.25) is 4.79 Å². The Morgan fingerprint density at radius 1 is 1.25 bits per heavy atom. The van der Waals surface area contributed by atoms with Crippen LogP contribution in [0.5, 0.6) is 5.75 Å². The molecule has 112 valence electrons. The zero-order valence-electron chi connectivity index (χ0n) is 12.4. The Hall–Kier alpha value is -1.59. The topological polar surface area (TPSA) is 59.6 Å². The van der Waals surface area contributed by atoms with Crippen LogP contribution in [-0.4, -0.2) is 39.3 Å². The Bertz CT molecular complexity index is 391. The number of carbonyl (C=O) groups is 1. The molecule has 0 aliphatic rings. The van der Waals surface area contributed by atoms with Crippen LogP contribution in [0.15, 0.2) is 24.3 Å². The smallest absolute Gasteiger partial charge is 0.238 e. The number of hydrogen-bond donors (Lipinski definition) is 2. The standard InChI is InChI=1S/C15H24N2O3/c1-12(2)11-20-14-6-4-13(5-7-14)17-15(18)10-16-8-9-19-3/h4-7,12,16H,8-11H2,1-3H3,(H,17,18). The lowest BCUT2D eigenvalue weighted by atomic mass is 10.2. The van der Waals surface area contributed by atoms with Crippen LogP contribution in [0.1, 0.15) is 13.8 Å².